The van der Waals surface area contributed by atoms with Gasteiger partial charge in [-0.3, -0.25) is 4.79 Å². The van der Waals surface area contributed by atoms with Crippen molar-refractivity contribution in [1.29, 1.82) is 0 Å². The molecule has 1 atom stereocenters. The van der Waals surface area contributed by atoms with E-state index >= 15 is 0 Å². The highest BCUT2D eigenvalue weighted by Gasteiger charge is 2.28. The second-order valence-corrected chi connectivity index (χ2v) is 6.36. The quantitative estimate of drug-likeness (QED) is 0.928. The number of benzene rings is 1. The Morgan fingerprint density at radius 1 is 1.16 bits per heavy atom. The number of amides is 1. The highest BCUT2D eigenvalue weighted by atomic mass is 16.4. The largest absolute Gasteiger partial charge is 0.478 e. The lowest BCUT2D eigenvalue weighted by Crippen LogP contribution is -2.37. The molecule has 1 N–H and O–H groups in total. The zero-order chi connectivity index (χ0) is 18.0. The SMILES string of the molecule is CC(=O)N1CCCC[C@H]1c1nc(C)cc(-c2ccc(C(=O)O)cc2)n1. The normalized spacial score (nSPS) is 17.4. The Morgan fingerprint density at radius 3 is 2.52 bits per heavy atom. The Bertz CT molecular complexity index is 802. The molecule has 1 aromatic heterocycles. The van der Waals surface area contributed by atoms with Gasteiger partial charge in [0.1, 0.15) is 0 Å². The molecule has 1 saturated heterocycles. The molecule has 0 aliphatic carbocycles. The van der Waals surface area contributed by atoms with Gasteiger partial charge in [0.15, 0.2) is 5.82 Å². The van der Waals surface area contributed by atoms with Gasteiger partial charge in [0, 0.05) is 24.7 Å². The average Bonchev–Trinajstić information content (AvgIpc) is 2.61. The van der Waals surface area contributed by atoms with E-state index in [9.17, 15) is 9.59 Å². The number of carboxylic acids is 1. The average molecular weight is 339 g/mol. The molecule has 1 fully saturated rings. The second kappa shape index (κ2) is 7.01. The summed E-state index contributed by atoms with van der Waals surface area (Å²) in [6.45, 7) is 4.22. The highest BCUT2D eigenvalue weighted by Crippen LogP contribution is 2.30. The Labute approximate surface area is 146 Å². The maximum atomic E-state index is 11.9. The van der Waals surface area contributed by atoms with E-state index in [4.69, 9.17) is 5.11 Å². The van der Waals surface area contributed by atoms with Crippen LogP contribution in [0.2, 0.25) is 0 Å². The molecule has 1 aliphatic heterocycles. The molecular formula is C19H21N3O3. The number of rotatable bonds is 3. The van der Waals surface area contributed by atoms with Crippen molar-refractivity contribution in [3.63, 3.8) is 0 Å². The zero-order valence-electron chi connectivity index (χ0n) is 14.4. The molecule has 3 rings (SSSR count). The maximum Gasteiger partial charge on any atom is 0.335 e. The summed E-state index contributed by atoms with van der Waals surface area (Å²) < 4.78 is 0. The van der Waals surface area contributed by atoms with E-state index in [1.165, 1.54) is 0 Å². The predicted octanol–water partition coefficient (Wildman–Crippen LogP) is 3.22. The number of likely N-dealkylation sites (tertiary alicyclic amines) is 1. The van der Waals surface area contributed by atoms with Crippen LogP contribution in [0.5, 0.6) is 0 Å². The second-order valence-electron chi connectivity index (χ2n) is 6.36. The fourth-order valence-corrected chi connectivity index (χ4v) is 3.25. The summed E-state index contributed by atoms with van der Waals surface area (Å²) in [5.41, 5.74) is 2.65. The van der Waals surface area contributed by atoms with Crippen molar-refractivity contribution in [3.8, 4) is 11.3 Å². The van der Waals surface area contributed by atoms with Gasteiger partial charge in [-0.2, -0.15) is 0 Å². The summed E-state index contributed by atoms with van der Waals surface area (Å²) >= 11 is 0. The van der Waals surface area contributed by atoms with Gasteiger partial charge in [-0.15, -0.1) is 0 Å². The number of nitrogens with zero attached hydrogens (tertiary/aromatic N) is 3. The number of carbonyl (C=O) groups excluding carboxylic acids is 1. The molecule has 0 bridgehead atoms. The van der Waals surface area contributed by atoms with Gasteiger partial charge < -0.3 is 10.0 Å². The number of carbonyl (C=O) groups is 2. The molecule has 0 radical (unpaired) electrons. The number of aromatic nitrogens is 2. The third-order valence-corrected chi connectivity index (χ3v) is 4.50. The Kier molecular flexibility index (Phi) is 4.79. The van der Waals surface area contributed by atoms with Crippen LogP contribution in [0.15, 0.2) is 30.3 Å². The van der Waals surface area contributed by atoms with Crippen LogP contribution >= 0.6 is 0 Å². The van der Waals surface area contributed by atoms with E-state index in [-0.39, 0.29) is 17.5 Å². The molecule has 0 unspecified atom stereocenters. The minimum atomic E-state index is -0.953. The molecule has 2 heterocycles. The highest BCUT2D eigenvalue weighted by molar-refractivity contribution is 5.88. The van der Waals surface area contributed by atoms with Crippen molar-refractivity contribution in [2.24, 2.45) is 0 Å². The summed E-state index contributed by atoms with van der Waals surface area (Å²) in [6, 6.07) is 8.41. The minimum absolute atomic E-state index is 0.0437. The van der Waals surface area contributed by atoms with Crippen LogP contribution in [-0.4, -0.2) is 38.4 Å². The maximum absolute atomic E-state index is 11.9. The summed E-state index contributed by atoms with van der Waals surface area (Å²) in [5, 5.41) is 9.02. The molecule has 25 heavy (non-hydrogen) atoms. The molecule has 1 amide bonds. The zero-order valence-corrected chi connectivity index (χ0v) is 14.4. The van der Waals surface area contributed by atoms with E-state index in [1.807, 2.05) is 17.9 Å². The third-order valence-electron chi connectivity index (χ3n) is 4.50. The fraction of sp³-hybridized carbons (Fsp3) is 0.368. The van der Waals surface area contributed by atoms with Gasteiger partial charge in [-0.1, -0.05) is 12.1 Å². The fourth-order valence-electron chi connectivity index (χ4n) is 3.25. The summed E-state index contributed by atoms with van der Waals surface area (Å²) in [4.78, 5) is 34.0. The first-order valence-corrected chi connectivity index (χ1v) is 8.42. The molecular weight excluding hydrogens is 318 g/mol. The van der Waals surface area contributed by atoms with Crippen molar-refractivity contribution < 1.29 is 14.7 Å². The number of aromatic carboxylic acids is 1. The van der Waals surface area contributed by atoms with Crippen LogP contribution in [-0.2, 0) is 4.79 Å². The molecule has 2 aromatic rings. The summed E-state index contributed by atoms with van der Waals surface area (Å²) in [6.07, 6.45) is 2.92. The Hall–Kier alpha value is -2.76. The monoisotopic (exact) mass is 339 g/mol. The Morgan fingerprint density at radius 2 is 1.88 bits per heavy atom. The van der Waals surface area contributed by atoms with E-state index in [2.05, 4.69) is 9.97 Å². The number of piperidine rings is 1. The van der Waals surface area contributed by atoms with Gasteiger partial charge >= 0.3 is 5.97 Å². The first-order chi connectivity index (χ1) is 12.0. The van der Waals surface area contributed by atoms with Gasteiger partial charge in [0.25, 0.3) is 0 Å². The number of hydrogen-bond acceptors (Lipinski definition) is 4. The molecule has 6 nitrogen and oxygen atoms in total. The summed E-state index contributed by atoms with van der Waals surface area (Å²) in [5.74, 6) is -0.250. The van der Waals surface area contributed by atoms with Crippen LogP contribution in [0, 0.1) is 6.92 Å². The van der Waals surface area contributed by atoms with Crippen LogP contribution in [0.1, 0.15) is 54.1 Å². The van der Waals surface area contributed by atoms with Gasteiger partial charge in [-0.05, 0) is 44.4 Å². The lowest BCUT2D eigenvalue weighted by atomic mass is 10.0. The van der Waals surface area contributed by atoms with E-state index in [1.54, 1.807) is 31.2 Å². The summed E-state index contributed by atoms with van der Waals surface area (Å²) in [7, 11) is 0. The van der Waals surface area contributed by atoms with Gasteiger partial charge in [-0.25, -0.2) is 14.8 Å². The van der Waals surface area contributed by atoms with Crippen LogP contribution < -0.4 is 0 Å². The van der Waals surface area contributed by atoms with Gasteiger partial charge in [0.05, 0.1) is 17.3 Å². The van der Waals surface area contributed by atoms with Gasteiger partial charge in [0.2, 0.25) is 5.91 Å². The lowest BCUT2D eigenvalue weighted by Gasteiger charge is -2.34. The molecule has 1 aromatic carbocycles. The number of carboxylic acid groups (broad SMARTS) is 1. The first-order valence-electron chi connectivity index (χ1n) is 8.42. The van der Waals surface area contributed by atoms with Crippen molar-refractivity contribution in [3.05, 3.63) is 47.4 Å². The topological polar surface area (TPSA) is 83.4 Å². The number of aryl methyl sites for hydroxylation is 1. The first kappa shape index (κ1) is 17.1. The predicted molar refractivity (Wildman–Crippen MR) is 93.1 cm³/mol. The van der Waals surface area contributed by atoms with E-state index < -0.39 is 5.97 Å². The van der Waals surface area contributed by atoms with Crippen molar-refractivity contribution in [2.75, 3.05) is 6.54 Å². The van der Waals surface area contributed by atoms with Crippen LogP contribution in [0.4, 0.5) is 0 Å². The minimum Gasteiger partial charge on any atom is -0.478 e. The van der Waals surface area contributed by atoms with Crippen molar-refractivity contribution >= 4 is 11.9 Å². The molecule has 1 aliphatic rings. The standard InChI is InChI=1S/C19H21N3O3/c1-12-11-16(14-6-8-15(9-7-14)19(24)25)21-18(20-12)17-5-3-4-10-22(17)13(2)23/h6-9,11,17H,3-5,10H2,1-2H3,(H,24,25)/t17-/m0/s1. The van der Waals surface area contributed by atoms with E-state index in [0.717, 1.165) is 42.8 Å². The number of hydrogen-bond donors (Lipinski definition) is 1. The lowest BCUT2D eigenvalue weighted by molar-refractivity contribution is -0.132. The van der Waals surface area contributed by atoms with Crippen molar-refractivity contribution in [1.82, 2.24) is 14.9 Å². The molecule has 130 valence electrons. The Balaban J connectivity index is 1.97. The van der Waals surface area contributed by atoms with Crippen LogP contribution in [0.25, 0.3) is 11.3 Å². The molecule has 0 saturated carbocycles. The third kappa shape index (κ3) is 3.68. The smallest absolute Gasteiger partial charge is 0.335 e. The van der Waals surface area contributed by atoms with E-state index in [0.29, 0.717) is 5.82 Å². The molecule has 6 heteroatoms. The molecule has 0 spiro atoms. The van der Waals surface area contributed by atoms with Crippen molar-refractivity contribution in [2.45, 2.75) is 39.2 Å². The van der Waals surface area contributed by atoms with Crippen LogP contribution in [0.3, 0.4) is 0 Å².